The summed E-state index contributed by atoms with van der Waals surface area (Å²) >= 11 is 0. The average Bonchev–Trinajstić information content (AvgIpc) is 2.60. The number of hydrogen-bond donors (Lipinski definition) is 1. The van der Waals surface area contributed by atoms with Crippen LogP contribution in [0.15, 0.2) is 48.0 Å². The smallest absolute Gasteiger partial charge is 0.228 e. The van der Waals surface area contributed by atoms with Gasteiger partial charge >= 0.3 is 0 Å². The zero-order chi connectivity index (χ0) is 19.6. The number of rotatable bonds is 11. The summed E-state index contributed by atoms with van der Waals surface area (Å²) in [6.07, 6.45) is 7.04. The third-order valence-electron chi connectivity index (χ3n) is 4.51. The lowest BCUT2D eigenvalue weighted by Crippen LogP contribution is -2.33. The van der Waals surface area contributed by atoms with Gasteiger partial charge in [0.1, 0.15) is 17.3 Å². The molecular weight excluding hydrogens is 343 g/mol. The third-order valence-corrected chi connectivity index (χ3v) is 4.51. The van der Waals surface area contributed by atoms with Crippen LogP contribution < -0.4 is 10.1 Å². The third kappa shape index (κ3) is 7.53. The Bertz CT molecular complexity index is 643. The Hall–Kier alpha value is -2.17. The molecule has 1 aromatic rings. The van der Waals surface area contributed by atoms with E-state index >= 15 is 0 Å². The molecule has 0 aromatic heterocycles. The summed E-state index contributed by atoms with van der Waals surface area (Å²) in [5.74, 6) is 3.23. The minimum Gasteiger partial charge on any atom is -0.490 e. The predicted octanol–water partition coefficient (Wildman–Crippen LogP) is 4.77. The molecule has 0 saturated heterocycles. The first-order valence-electron chi connectivity index (χ1n) is 9.76. The second-order valence-corrected chi connectivity index (χ2v) is 7.55. The van der Waals surface area contributed by atoms with Crippen LogP contribution in [0.2, 0.25) is 0 Å². The SMILES string of the molecule is Cc1cccc(O[C@H](CCCNC2=CC=C(OCF)CN2C)CC(C)C)c1. The van der Waals surface area contributed by atoms with Crippen molar-refractivity contribution in [2.45, 2.75) is 46.1 Å². The number of nitrogens with zero attached hydrogens (tertiary/aromatic N) is 1. The van der Waals surface area contributed by atoms with Crippen LogP contribution in [-0.4, -0.2) is 38.0 Å². The molecule has 1 N–H and O–H groups in total. The van der Waals surface area contributed by atoms with Crippen molar-refractivity contribution >= 4 is 0 Å². The fourth-order valence-corrected chi connectivity index (χ4v) is 3.21. The molecule has 0 saturated carbocycles. The Morgan fingerprint density at radius 3 is 2.74 bits per heavy atom. The lowest BCUT2D eigenvalue weighted by molar-refractivity contribution is 0.101. The number of aryl methyl sites for hydroxylation is 1. The number of hydrogen-bond acceptors (Lipinski definition) is 4. The van der Waals surface area contributed by atoms with Crippen LogP contribution in [0, 0.1) is 12.8 Å². The summed E-state index contributed by atoms with van der Waals surface area (Å²) in [6.45, 7) is 7.21. The van der Waals surface area contributed by atoms with Gasteiger partial charge in [0.05, 0.1) is 12.6 Å². The monoisotopic (exact) mass is 376 g/mol. The first-order chi connectivity index (χ1) is 13.0. The van der Waals surface area contributed by atoms with Crippen LogP contribution in [0.3, 0.4) is 0 Å². The Morgan fingerprint density at radius 1 is 1.26 bits per heavy atom. The zero-order valence-electron chi connectivity index (χ0n) is 17.0. The Balaban J connectivity index is 1.81. The number of halogens is 1. The molecule has 1 heterocycles. The minimum atomic E-state index is -0.783. The molecule has 1 aliphatic rings. The number of benzene rings is 1. The minimum absolute atomic E-state index is 0.219. The summed E-state index contributed by atoms with van der Waals surface area (Å²) in [5, 5.41) is 3.45. The molecule has 1 aliphatic heterocycles. The van der Waals surface area contributed by atoms with Gasteiger partial charge in [-0.3, -0.25) is 0 Å². The number of ether oxygens (including phenoxy) is 2. The highest BCUT2D eigenvalue weighted by Gasteiger charge is 2.15. The topological polar surface area (TPSA) is 33.7 Å². The van der Waals surface area contributed by atoms with Gasteiger partial charge in [-0.05, 0) is 62.0 Å². The molecule has 27 heavy (non-hydrogen) atoms. The predicted molar refractivity (Wildman–Crippen MR) is 108 cm³/mol. The standard InChI is InChI=1S/C22H33FN2O2/c1-17(2)13-19(27-20-8-5-7-18(3)14-20)9-6-12-24-22-11-10-21(26-16-23)15-25(22)4/h5,7-8,10-11,14,17,19,24H,6,9,12-13,15-16H2,1-4H3/t19-/m1/s1. The second kappa shape index (κ2) is 10.9. The molecule has 1 atom stereocenters. The van der Waals surface area contributed by atoms with Gasteiger partial charge in [0, 0.05) is 13.6 Å². The normalized spacial score (nSPS) is 15.3. The lowest BCUT2D eigenvalue weighted by Gasteiger charge is -2.27. The zero-order valence-corrected chi connectivity index (χ0v) is 17.0. The number of likely N-dealkylation sites (N-methyl/N-ethyl adjacent to an activating group) is 1. The van der Waals surface area contributed by atoms with E-state index in [0.29, 0.717) is 18.2 Å². The molecule has 2 rings (SSSR count). The molecule has 0 unspecified atom stereocenters. The van der Waals surface area contributed by atoms with E-state index in [0.717, 1.165) is 37.4 Å². The molecule has 0 radical (unpaired) electrons. The largest absolute Gasteiger partial charge is 0.490 e. The van der Waals surface area contributed by atoms with Crippen molar-refractivity contribution in [2.24, 2.45) is 5.92 Å². The molecule has 0 fully saturated rings. The molecule has 5 heteroatoms. The van der Waals surface area contributed by atoms with E-state index in [-0.39, 0.29) is 6.10 Å². The van der Waals surface area contributed by atoms with Crippen molar-refractivity contribution in [3.8, 4) is 5.75 Å². The van der Waals surface area contributed by atoms with E-state index in [1.165, 1.54) is 5.56 Å². The van der Waals surface area contributed by atoms with Gasteiger partial charge in [-0.2, -0.15) is 0 Å². The van der Waals surface area contributed by atoms with Crippen molar-refractivity contribution in [1.82, 2.24) is 10.2 Å². The summed E-state index contributed by atoms with van der Waals surface area (Å²) < 4.78 is 23.4. The molecule has 0 bridgehead atoms. The van der Waals surface area contributed by atoms with Gasteiger partial charge in [0.25, 0.3) is 0 Å². The Labute approximate surface area is 163 Å². The molecule has 150 valence electrons. The van der Waals surface area contributed by atoms with Gasteiger partial charge in [-0.1, -0.05) is 26.0 Å². The molecule has 1 aromatic carbocycles. The first-order valence-corrected chi connectivity index (χ1v) is 9.76. The highest BCUT2D eigenvalue weighted by Crippen LogP contribution is 2.20. The van der Waals surface area contributed by atoms with E-state index in [1.807, 2.05) is 36.2 Å². The maximum Gasteiger partial charge on any atom is 0.228 e. The number of alkyl halides is 1. The first kappa shape index (κ1) is 21.1. The Kier molecular flexibility index (Phi) is 8.49. The van der Waals surface area contributed by atoms with Crippen LogP contribution >= 0.6 is 0 Å². The quantitative estimate of drug-likeness (QED) is 0.564. The van der Waals surface area contributed by atoms with Gasteiger partial charge < -0.3 is 19.7 Å². The van der Waals surface area contributed by atoms with Crippen LogP contribution in [0.25, 0.3) is 0 Å². The van der Waals surface area contributed by atoms with Crippen molar-refractivity contribution < 1.29 is 13.9 Å². The van der Waals surface area contributed by atoms with Crippen molar-refractivity contribution in [1.29, 1.82) is 0 Å². The fraction of sp³-hybridized carbons (Fsp3) is 0.545. The molecular formula is C22H33FN2O2. The van der Waals surface area contributed by atoms with Gasteiger partial charge in [0.2, 0.25) is 6.86 Å². The maximum atomic E-state index is 12.3. The summed E-state index contributed by atoms with van der Waals surface area (Å²) in [5.41, 5.74) is 1.22. The maximum absolute atomic E-state index is 12.3. The van der Waals surface area contributed by atoms with E-state index < -0.39 is 6.86 Å². The molecule has 0 amide bonds. The summed E-state index contributed by atoms with van der Waals surface area (Å²) in [6, 6.07) is 8.25. The number of nitrogens with one attached hydrogen (secondary N) is 1. The van der Waals surface area contributed by atoms with Gasteiger partial charge in [0.15, 0.2) is 0 Å². The summed E-state index contributed by atoms with van der Waals surface area (Å²) in [7, 11) is 1.97. The van der Waals surface area contributed by atoms with Crippen molar-refractivity contribution in [3.63, 3.8) is 0 Å². The van der Waals surface area contributed by atoms with E-state index in [2.05, 4.69) is 38.2 Å². The average molecular weight is 377 g/mol. The molecule has 0 spiro atoms. The van der Waals surface area contributed by atoms with Crippen LogP contribution in [-0.2, 0) is 4.74 Å². The van der Waals surface area contributed by atoms with E-state index in [4.69, 9.17) is 9.47 Å². The van der Waals surface area contributed by atoms with Crippen molar-refractivity contribution in [2.75, 3.05) is 27.0 Å². The second-order valence-electron chi connectivity index (χ2n) is 7.55. The highest BCUT2D eigenvalue weighted by atomic mass is 19.1. The van der Waals surface area contributed by atoms with E-state index in [1.54, 1.807) is 0 Å². The van der Waals surface area contributed by atoms with Crippen LogP contribution in [0.1, 0.15) is 38.7 Å². The lowest BCUT2D eigenvalue weighted by atomic mass is 10.0. The molecule has 4 nitrogen and oxygen atoms in total. The van der Waals surface area contributed by atoms with E-state index in [9.17, 15) is 4.39 Å². The van der Waals surface area contributed by atoms with Crippen LogP contribution in [0.4, 0.5) is 4.39 Å². The van der Waals surface area contributed by atoms with Gasteiger partial charge in [-0.25, -0.2) is 4.39 Å². The fourth-order valence-electron chi connectivity index (χ4n) is 3.21. The Morgan fingerprint density at radius 2 is 2.07 bits per heavy atom. The number of allylic oxidation sites excluding steroid dienone is 2. The highest BCUT2D eigenvalue weighted by molar-refractivity contribution is 5.27. The summed E-state index contributed by atoms with van der Waals surface area (Å²) in [4.78, 5) is 2.03. The van der Waals surface area contributed by atoms with Crippen LogP contribution in [0.5, 0.6) is 5.75 Å². The molecule has 0 aliphatic carbocycles. The van der Waals surface area contributed by atoms with Gasteiger partial charge in [-0.15, -0.1) is 0 Å². The van der Waals surface area contributed by atoms with Crippen molar-refractivity contribution in [3.05, 3.63) is 53.6 Å².